The van der Waals surface area contributed by atoms with Gasteiger partial charge in [0.25, 0.3) is 0 Å². The molecule has 0 radical (unpaired) electrons. The Balaban J connectivity index is 2.06. The Morgan fingerprint density at radius 1 is 0.905 bits per heavy atom. The van der Waals surface area contributed by atoms with Crippen LogP contribution in [0, 0.1) is 0 Å². The first-order chi connectivity index (χ1) is 10.4. The van der Waals surface area contributed by atoms with Crippen LogP contribution < -0.4 is 5.32 Å². The zero-order chi connectivity index (χ0) is 14.5. The maximum Gasteiger partial charge on any atom is 0.183 e. The van der Waals surface area contributed by atoms with Crippen LogP contribution >= 0.6 is 11.3 Å². The van der Waals surface area contributed by atoms with Gasteiger partial charge in [0.2, 0.25) is 0 Å². The number of anilines is 1. The highest BCUT2D eigenvalue weighted by Gasteiger charge is 2.14. The van der Waals surface area contributed by atoms with Crippen LogP contribution in [-0.2, 0) is 0 Å². The summed E-state index contributed by atoms with van der Waals surface area (Å²) in [5.74, 6) is 0. The lowest BCUT2D eigenvalue weighted by atomic mass is 10.1. The Kier molecular flexibility index (Phi) is 4.28. The summed E-state index contributed by atoms with van der Waals surface area (Å²) >= 11 is 1.61. The SMILES string of the molecule is OCCNc1nc(-c2ccccc2)c(-c2ccccc2)s1. The van der Waals surface area contributed by atoms with Gasteiger partial charge in [-0.05, 0) is 5.56 Å². The van der Waals surface area contributed by atoms with Gasteiger partial charge in [0.05, 0.1) is 17.2 Å². The van der Waals surface area contributed by atoms with Gasteiger partial charge in [0.15, 0.2) is 5.13 Å². The molecule has 0 amide bonds. The Morgan fingerprint density at radius 3 is 2.14 bits per heavy atom. The average Bonchev–Trinajstić information content (AvgIpc) is 2.99. The molecule has 3 aromatic rings. The minimum atomic E-state index is 0.0981. The topological polar surface area (TPSA) is 45.1 Å². The second-order valence-electron chi connectivity index (χ2n) is 4.58. The summed E-state index contributed by atoms with van der Waals surface area (Å²) in [6.45, 7) is 0.608. The molecular formula is C17H16N2OS. The zero-order valence-electron chi connectivity index (χ0n) is 11.5. The fourth-order valence-corrected chi connectivity index (χ4v) is 3.15. The lowest BCUT2D eigenvalue weighted by Gasteiger charge is -2.02. The molecule has 106 valence electrons. The fourth-order valence-electron chi connectivity index (χ4n) is 2.14. The lowest BCUT2D eigenvalue weighted by Crippen LogP contribution is -2.04. The van der Waals surface area contributed by atoms with Crippen LogP contribution in [-0.4, -0.2) is 23.2 Å². The summed E-state index contributed by atoms with van der Waals surface area (Å²) in [7, 11) is 0. The van der Waals surface area contributed by atoms with Crippen molar-refractivity contribution in [2.24, 2.45) is 0 Å². The van der Waals surface area contributed by atoms with Crippen LogP contribution in [0.4, 0.5) is 5.13 Å². The minimum Gasteiger partial charge on any atom is -0.395 e. The van der Waals surface area contributed by atoms with Crippen molar-refractivity contribution in [3.05, 3.63) is 60.7 Å². The molecule has 21 heavy (non-hydrogen) atoms. The van der Waals surface area contributed by atoms with Crippen LogP contribution in [0.3, 0.4) is 0 Å². The Morgan fingerprint density at radius 2 is 1.52 bits per heavy atom. The molecule has 0 aliphatic carbocycles. The van der Waals surface area contributed by atoms with Gasteiger partial charge in [-0.25, -0.2) is 4.98 Å². The van der Waals surface area contributed by atoms with Gasteiger partial charge in [-0.1, -0.05) is 72.0 Å². The van der Waals surface area contributed by atoms with E-state index < -0.39 is 0 Å². The van der Waals surface area contributed by atoms with Crippen LogP contribution in [0.15, 0.2) is 60.7 Å². The third-order valence-corrected chi connectivity index (χ3v) is 4.16. The van der Waals surface area contributed by atoms with E-state index in [4.69, 9.17) is 10.1 Å². The molecule has 0 saturated heterocycles. The van der Waals surface area contributed by atoms with Crippen molar-refractivity contribution in [3.63, 3.8) is 0 Å². The van der Waals surface area contributed by atoms with Crippen molar-refractivity contribution >= 4 is 16.5 Å². The second-order valence-corrected chi connectivity index (χ2v) is 5.58. The maximum atomic E-state index is 8.95. The van der Waals surface area contributed by atoms with Crippen LogP contribution in [0.1, 0.15) is 0 Å². The van der Waals surface area contributed by atoms with Gasteiger partial charge in [-0.3, -0.25) is 0 Å². The smallest absolute Gasteiger partial charge is 0.183 e. The molecule has 0 saturated carbocycles. The van der Waals surface area contributed by atoms with Gasteiger partial charge in [-0.2, -0.15) is 0 Å². The van der Waals surface area contributed by atoms with Crippen molar-refractivity contribution in [2.45, 2.75) is 0 Å². The van der Waals surface area contributed by atoms with Gasteiger partial charge < -0.3 is 10.4 Å². The van der Waals surface area contributed by atoms with E-state index in [1.165, 1.54) is 0 Å². The molecule has 3 rings (SSSR count). The maximum absolute atomic E-state index is 8.95. The van der Waals surface area contributed by atoms with E-state index in [0.29, 0.717) is 6.54 Å². The average molecular weight is 296 g/mol. The quantitative estimate of drug-likeness (QED) is 0.751. The van der Waals surface area contributed by atoms with Crippen molar-refractivity contribution in [1.29, 1.82) is 0 Å². The molecule has 0 fully saturated rings. The van der Waals surface area contributed by atoms with Gasteiger partial charge in [0.1, 0.15) is 0 Å². The third kappa shape index (κ3) is 3.12. The standard InChI is InChI=1S/C17H16N2OS/c20-12-11-18-17-19-15(13-7-3-1-4-8-13)16(21-17)14-9-5-2-6-10-14/h1-10,20H,11-12H2,(H,18,19). The molecule has 0 unspecified atom stereocenters. The van der Waals surface area contributed by atoms with Gasteiger partial charge in [-0.15, -0.1) is 0 Å². The number of hydrogen-bond acceptors (Lipinski definition) is 4. The minimum absolute atomic E-state index is 0.0981. The molecule has 3 nitrogen and oxygen atoms in total. The first-order valence-electron chi connectivity index (χ1n) is 6.85. The van der Waals surface area contributed by atoms with Crippen molar-refractivity contribution in [3.8, 4) is 21.7 Å². The number of aliphatic hydroxyl groups excluding tert-OH is 1. The van der Waals surface area contributed by atoms with Crippen LogP contribution in [0.25, 0.3) is 21.7 Å². The Hall–Kier alpha value is -2.17. The van der Waals surface area contributed by atoms with Crippen molar-refractivity contribution in [1.82, 2.24) is 4.98 Å². The number of nitrogens with one attached hydrogen (secondary N) is 1. The number of rotatable bonds is 5. The summed E-state index contributed by atoms with van der Waals surface area (Å²) in [6, 6.07) is 20.4. The van der Waals surface area contributed by atoms with Crippen LogP contribution in [0.5, 0.6) is 0 Å². The van der Waals surface area contributed by atoms with Gasteiger partial charge in [0, 0.05) is 12.1 Å². The van der Waals surface area contributed by atoms with E-state index in [2.05, 4.69) is 29.6 Å². The zero-order valence-corrected chi connectivity index (χ0v) is 12.3. The lowest BCUT2D eigenvalue weighted by molar-refractivity contribution is 0.311. The molecule has 2 aromatic carbocycles. The summed E-state index contributed by atoms with van der Waals surface area (Å²) < 4.78 is 0. The molecule has 2 N–H and O–H groups in total. The molecular weight excluding hydrogens is 280 g/mol. The molecule has 0 bridgehead atoms. The number of aliphatic hydroxyl groups is 1. The Labute approximate surface area is 127 Å². The first kappa shape index (κ1) is 13.8. The Bertz CT molecular complexity index is 638. The summed E-state index contributed by atoms with van der Waals surface area (Å²) in [6.07, 6.45) is 0. The third-order valence-electron chi connectivity index (χ3n) is 3.10. The predicted octanol–water partition coefficient (Wildman–Crippen LogP) is 3.88. The van der Waals surface area contributed by atoms with E-state index in [0.717, 1.165) is 26.8 Å². The van der Waals surface area contributed by atoms with E-state index in [1.807, 2.05) is 36.4 Å². The number of nitrogens with zero attached hydrogens (tertiary/aromatic N) is 1. The molecule has 0 spiro atoms. The normalized spacial score (nSPS) is 10.5. The van der Waals surface area contributed by atoms with Gasteiger partial charge >= 0.3 is 0 Å². The van der Waals surface area contributed by atoms with E-state index in [1.54, 1.807) is 11.3 Å². The molecule has 4 heteroatoms. The highest BCUT2D eigenvalue weighted by molar-refractivity contribution is 7.19. The van der Waals surface area contributed by atoms with Crippen LogP contribution in [0.2, 0.25) is 0 Å². The van der Waals surface area contributed by atoms with Crippen molar-refractivity contribution in [2.75, 3.05) is 18.5 Å². The van der Waals surface area contributed by atoms with E-state index in [9.17, 15) is 0 Å². The fraction of sp³-hybridized carbons (Fsp3) is 0.118. The van der Waals surface area contributed by atoms with Crippen molar-refractivity contribution < 1.29 is 5.11 Å². The molecule has 0 aliphatic rings. The van der Waals surface area contributed by atoms with E-state index in [-0.39, 0.29) is 6.61 Å². The number of aromatic nitrogens is 1. The summed E-state index contributed by atoms with van der Waals surface area (Å²) in [4.78, 5) is 5.83. The van der Waals surface area contributed by atoms with E-state index >= 15 is 0 Å². The number of hydrogen-bond donors (Lipinski definition) is 2. The number of benzene rings is 2. The largest absolute Gasteiger partial charge is 0.395 e. The monoisotopic (exact) mass is 296 g/mol. The molecule has 0 atom stereocenters. The summed E-state index contributed by atoms with van der Waals surface area (Å²) in [5.41, 5.74) is 3.24. The molecule has 1 heterocycles. The predicted molar refractivity (Wildman–Crippen MR) is 88.6 cm³/mol. The molecule has 0 aliphatic heterocycles. The highest BCUT2D eigenvalue weighted by Crippen LogP contribution is 2.38. The number of thiazole rings is 1. The molecule has 1 aromatic heterocycles. The first-order valence-corrected chi connectivity index (χ1v) is 7.66. The highest BCUT2D eigenvalue weighted by atomic mass is 32.1. The summed E-state index contributed by atoms with van der Waals surface area (Å²) in [5, 5.41) is 12.9. The second kappa shape index (κ2) is 6.52.